The highest BCUT2D eigenvalue weighted by molar-refractivity contribution is 6.62. The van der Waals surface area contributed by atoms with Crippen molar-refractivity contribution >= 4 is 88.1 Å². The highest BCUT2D eigenvalue weighted by Crippen LogP contribution is 2.65. The molecule has 5 nitrogen and oxygen atoms in total. The number of amides is 1. The van der Waals surface area contributed by atoms with Gasteiger partial charge in [-0.05, 0) is 41.4 Å². The van der Waals surface area contributed by atoms with Gasteiger partial charge in [-0.2, -0.15) is 0 Å². The molecular formula is C19H12B9ClF2N4O. The van der Waals surface area contributed by atoms with Crippen molar-refractivity contribution < 1.29 is 13.6 Å². The maximum absolute atomic E-state index is 17.0. The third-order valence-corrected chi connectivity index (χ3v) is 6.67. The van der Waals surface area contributed by atoms with Crippen LogP contribution in [0.4, 0.5) is 8.78 Å². The van der Waals surface area contributed by atoms with Crippen molar-refractivity contribution in [3.63, 3.8) is 0 Å². The van der Waals surface area contributed by atoms with Crippen LogP contribution >= 0.6 is 11.6 Å². The molecule has 17 heteroatoms. The summed E-state index contributed by atoms with van der Waals surface area (Å²) in [5.74, 6) is -3.70. The molecule has 1 atom stereocenters. The molecule has 1 aromatic carbocycles. The molecule has 36 heavy (non-hydrogen) atoms. The molecular weight excluding hydrogens is 471 g/mol. The number of alkyl halides is 1. The summed E-state index contributed by atoms with van der Waals surface area (Å²) in [6, 6.07) is 2.83. The quantitative estimate of drug-likeness (QED) is 0.550. The van der Waals surface area contributed by atoms with Crippen molar-refractivity contribution in [1.29, 1.82) is 0 Å². The van der Waals surface area contributed by atoms with Crippen LogP contribution in [0.15, 0.2) is 30.6 Å². The molecule has 1 aliphatic rings. The number of hydrogen-bond donors (Lipinski definition) is 1. The molecule has 1 fully saturated rings. The van der Waals surface area contributed by atoms with Crippen molar-refractivity contribution in [2.24, 2.45) is 0 Å². The van der Waals surface area contributed by atoms with Crippen molar-refractivity contribution in [3.05, 3.63) is 58.4 Å². The standard InChI is InChI=1S/C19H12B9ClF2N4O/c1-8-5-32-12(33-6-8)7-34-14(20)15(31)16(21,22)18(25,26)35(19(27,28)17(15,23)24)13(36)9-2-3-11(30)10(29)4-9/h2-6,14,34H,7H2,1H3. The molecule has 3 rings (SSSR count). The summed E-state index contributed by atoms with van der Waals surface area (Å²) in [6.07, 6.45) is 3.04. The third kappa shape index (κ3) is 4.11. The molecule has 1 aromatic heterocycles. The van der Waals surface area contributed by atoms with E-state index in [1.807, 2.05) is 0 Å². The second-order valence-corrected chi connectivity index (χ2v) is 9.31. The Morgan fingerprint density at radius 3 is 2.03 bits per heavy atom. The largest absolute Gasteiger partial charge is 0.363 e. The molecule has 1 aliphatic heterocycles. The number of likely N-dealkylation sites (tertiary alicyclic amines) is 1. The SMILES string of the molecule is [B]C(NCc1ncc(C)cn1)C1(F)C([B])([B])C([B])([B])N(C(=O)c2ccc(F)c(Cl)c2)C([B])([B])C1([B])[B]. The van der Waals surface area contributed by atoms with E-state index in [1.165, 1.54) is 12.4 Å². The molecule has 2 heterocycles. The van der Waals surface area contributed by atoms with Crippen LogP contribution in [0.1, 0.15) is 21.7 Å². The van der Waals surface area contributed by atoms with Gasteiger partial charge in [-0.3, -0.25) is 4.79 Å². The van der Waals surface area contributed by atoms with E-state index < -0.39 is 49.5 Å². The lowest BCUT2D eigenvalue weighted by Crippen LogP contribution is -2.86. The number of benzene rings is 1. The highest BCUT2D eigenvalue weighted by atomic mass is 35.5. The van der Waals surface area contributed by atoms with E-state index in [0.717, 1.165) is 23.8 Å². The first-order valence-electron chi connectivity index (χ1n) is 10.4. The minimum atomic E-state index is -3.38. The number of carbonyl (C=O) groups is 1. The lowest BCUT2D eigenvalue weighted by atomic mass is 9.14. The maximum Gasteiger partial charge on any atom is 0.252 e. The summed E-state index contributed by atoms with van der Waals surface area (Å²) in [7, 11) is 55.2. The zero-order chi connectivity index (χ0) is 27.5. The van der Waals surface area contributed by atoms with Gasteiger partial charge in [0.2, 0.25) is 0 Å². The Bertz CT molecular complexity index is 1140. The predicted octanol–water partition coefficient (Wildman–Crippen LogP) is -1.09. The number of piperidine rings is 1. The van der Waals surface area contributed by atoms with E-state index in [-0.39, 0.29) is 17.9 Å². The maximum atomic E-state index is 17.0. The predicted molar refractivity (Wildman–Crippen MR) is 141 cm³/mol. The number of nitrogens with one attached hydrogen (secondary N) is 1. The summed E-state index contributed by atoms with van der Waals surface area (Å²) < 4.78 is 30.6. The Hall–Kier alpha value is -1.54. The van der Waals surface area contributed by atoms with Gasteiger partial charge in [-0.1, -0.05) is 22.0 Å². The average molecular weight is 483 g/mol. The lowest BCUT2D eigenvalue weighted by Gasteiger charge is -2.77. The van der Waals surface area contributed by atoms with Gasteiger partial charge in [0.1, 0.15) is 11.6 Å². The van der Waals surface area contributed by atoms with E-state index >= 15 is 4.39 Å². The van der Waals surface area contributed by atoms with Gasteiger partial charge in [-0.25, -0.2) is 18.7 Å². The molecule has 1 saturated heterocycles. The normalized spacial score (nSPS) is 21.9. The van der Waals surface area contributed by atoms with Crippen LogP contribution in [0, 0.1) is 12.7 Å². The smallest absolute Gasteiger partial charge is 0.252 e. The fraction of sp³-hybridized carbons (Fsp3) is 0.421. The van der Waals surface area contributed by atoms with E-state index in [4.69, 9.17) is 82.2 Å². The van der Waals surface area contributed by atoms with E-state index in [9.17, 15) is 9.18 Å². The topological polar surface area (TPSA) is 58.1 Å². The first kappa shape index (κ1) is 29.0. The molecule has 0 spiro atoms. The number of halogens is 3. The monoisotopic (exact) mass is 484 g/mol. The highest BCUT2D eigenvalue weighted by Gasteiger charge is 2.71. The number of aryl methyl sites for hydroxylation is 1. The van der Waals surface area contributed by atoms with Gasteiger partial charge < -0.3 is 10.2 Å². The summed E-state index contributed by atoms with van der Waals surface area (Å²) in [5, 5.41) is -9.58. The van der Waals surface area contributed by atoms with Crippen LogP contribution < -0.4 is 5.32 Å². The number of nitrogens with zero attached hydrogens (tertiary/aromatic N) is 3. The first-order valence-corrected chi connectivity index (χ1v) is 10.8. The second-order valence-electron chi connectivity index (χ2n) is 8.91. The zero-order valence-corrected chi connectivity index (χ0v) is 20.0. The Morgan fingerprint density at radius 1 is 1.06 bits per heavy atom. The zero-order valence-electron chi connectivity index (χ0n) is 19.3. The third-order valence-electron chi connectivity index (χ3n) is 6.38. The molecule has 0 bridgehead atoms. The van der Waals surface area contributed by atoms with Gasteiger partial charge in [0.15, 0.2) is 0 Å². The fourth-order valence-electron chi connectivity index (χ4n) is 4.06. The average Bonchev–Trinajstić information content (AvgIpc) is 2.78. The molecule has 18 radical (unpaired) electrons. The number of hydrogen-bond acceptors (Lipinski definition) is 4. The van der Waals surface area contributed by atoms with Gasteiger partial charge in [-0.15, -0.1) is 0 Å². The molecule has 2 aromatic rings. The van der Waals surface area contributed by atoms with Crippen molar-refractivity contribution in [2.45, 2.75) is 46.2 Å². The van der Waals surface area contributed by atoms with Gasteiger partial charge >= 0.3 is 0 Å². The minimum absolute atomic E-state index is 0.194. The summed E-state index contributed by atoms with van der Waals surface area (Å²) >= 11 is 5.77. The van der Waals surface area contributed by atoms with Crippen molar-refractivity contribution in [2.75, 3.05) is 0 Å². The Balaban J connectivity index is 2.07. The summed E-state index contributed by atoms with van der Waals surface area (Å²) in [6.45, 7) is 1.58. The van der Waals surface area contributed by atoms with Crippen LogP contribution in [0.3, 0.4) is 0 Å². The molecule has 0 saturated carbocycles. The van der Waals surface area contributed by atoms with Crippen LogP contribution in [-0.2, 0) is 6.54 Å². The van der Waals surface area contributed by atoms with Gasteiger partial charge in [0.25, 0.3) is 5.91 Å². The van der Waals surface area contributed by atoms with Gasteiger partial charge in [0.05, 0.1) is 87.9 Å². The second kappa shape index (κ2) is 9.34. The van der Waals surface area contributed by atoms with Gasteiger partial charge in [0, 0.05) is 23.9 Å². The first-order chi connectivity index (χ1) is 16.3. The van der Waals surface area contributed by atoms with Crippen LogP contribution in [0.2, 0.25) is 15.5 Å². The molecule has 1 amide bonds. The minimum Gasteiger partial charge on any atom is -0.363 e. The Kier molecular flexibility index (Phi) is 7.53. The lowest BCUT2D eigenvalue weighted by molar-refractivity contribution is -0.0264. The van der Waals surface area contributed by atoms with Crippen molar-refractivity contribution in [3.8, 4) is 0 Å². The molecule has 0 aliphatic carbocycles. The molecule has 162 valence electrons. The van der Waals surface area contributed by atoms with E-state index in [2.05, 4.69) is 15.3 Å². The fourth-order valence-corrected chi connectivity index (χ4v) is 4.24. The number of carbonyl (C=O) groups excluding carboxylic acids is 1. The van der Waals surface area contributed by atoms with E-state index in [0.29, 0.717) is 4.90 Å². The van der Waals surface area contributed by atoms with Crippen LogP contribution in [0.25, 0.3) is 0 Å². The van der Waals surface area contributed by atoms with Crippen LogP contribution in [0.5, 0.6) is 0 Å². The number of aromatic nitrogens is 2. The molecule has 1 unspecified atom stereocenters. The number of rotatable bonds is 5. The molecule has 1 N–H and O–H groups in total. The van der Waals surface area contributed by atoms with E-state index in [1.54, 1.807) is 6.92 Å². The van der Waals surface area contributed by atoms with Crippen molar-refractivity contribution in [1.82, 2.24) is 20.2 Å². The van der Waals surface area contributed by atoms with Crippen LogP contribution in [-0.4, -0.2) is 114 Å². The Morgan fingerprint density at radius 2 is 1.56 bits per heavy atom. The summed E-state index contributed by atoms with van der Waals surface area (Å²) in [5.41, 5.74) is -2.91. The Labute approximate surface area is 226 Å². The summed E-state index contributed by atoms with van der Waals surface area (Å²) in [4.78, 5) is 21.9.